The molecule has 0 aromatic carbocycles. The predicted octanol–water partition coefficient (Wildman–Crippen LogP) is 5.44. The molecule has 2 aliphatic carbocycles. The van der Waals surface area contributed by atoms with Gasteiger partial charge in [-0.1, -0.05) is 27.7 Å². The highest BCUT2D eigenvalue weighted by Crippen LogP contribution is 2.62. The third-order valence-electron chi connectivity index (χ3n) is 12.8. The third-order valence-corrected chi connectivity index (χ3v) is 12.8. The molecule has 42 heavy (non-hydrogen) atoms. The molecule has 0 aromatic heterocycles. The zero-order chi connectivity index (χ0) is 29.1. The maximum atomic E-state index is 6.58. The molecule has 16 atom stereocenters. The average molecular weight is 595 g/mol. The number of rotatable bonds is 5. The van der Waals surface area contributed by atoms with Crippen molar-refractivity contribution in [2.45, 2.75) is 141 Å². The van der Waals surface area contributed by atoms with Crippen molar-refractivity contribution in [3.8, 4) is 0 Å². The summed E-state index contributed by atoms with van der Waals surface area (Å²) in [6.07, 6.45) is 6.21. The van der Waals surface area contributed by atoms with Crippen LogP contribution in [0, 0.1) is 47.3 Å². The van der Waals surface area contributed by atoms with Crippen LogP contribution >= 0.6 is 0 Å². The lowest BCUT2D eigenvalue weighted by Crippen LogP contribution is -2.70. The molecule has 238 valence electrons. The predicted molar refractivity (Wildman–Crippen MR) is 146 cm³/mol. The first-order valence-electron chi connectivity index (χ1n) is 16.7. The number of hydrogen-bond donors (Lipinski definition) is 0. The minimum Gasteiger partial charge on any atom is -0.350 e. The van der Waals surface area contributed by atoms with Gasteiger partial charge in [0, 0.05) is 36.5 Å². The first-order chi connectivity index (χ1) is 20.1. The highest BCUT2D eigenvalue weighted by atomic mass is 17.3. The lowest BCUT2D eigenvalue weighted by atomic mass is 9.58. The minimum absolute atomic E-state index is 0.129. The Bertz CT molecular complexity index is 965. The molecule has 0 aromatic rings. The summed E-state index contributed by atoms with van der Waals surface area (Å²) >= 11 is 0. The molecule has 0 radical (unpaired) electrons. The normalized spacial score (nSPS) is 59.9. The SMILES string of the molecule is CC1CCC2C(C)C(OCCOC3OC4OC5(C)CCC6C(C)CCC(C3C)C46OO5)OC3OC4(C)CCC1C32OO4. The summed E-state index contributed by atoms with van der Waals surface area (Å²) in [5.41, 5.74) is -1.17. The first-order valence-corrected chi connectivity index (χ1v) is 16.7. The molecule has 10 heteroatoms. The summed E-state index contributed by atoms with van der Waals surface area (Å²) in [4.78, 5) is 24.4. The lowest BCUT2D eigenvalue weighted by molar-refractivity contribution is -0.578. The maximum absolute atomic E-state index is 6.58. The molecule has 4 bridgehead atoms. The third kappa shape index (κ3) is 4.06. The van der Waals surface area contributed by atoms with Gasteiger partial charge in [-0.15, -0.1) is 0 Å². The van der Waals surface area contributed by atoms with E-state index in [0.29, 0.717) is 36.9 Å². The summed E-state index contributed by atoms with van der Waals surface area (Å²) in [5, 5.41) is 0. The van der Waals surface area contributed by atoms with Gasteiger partial charge >= 0.3 is 0 Å². The van der Waals surface area contributed by atoms with Crippen molar-refractivity contribution in [1.29, 1.82) is 0 Å². The van der Waals surface area contributed by atoms with E-state index in [0.717, 1.165) is 38.5 Å². The van der Waals surface area contributed by atoms with Crippen LogP contribution in [0.4, 0.5) is 0 Å². The zero-order valence-corrected chi connectivity index (χ0v) is 26.1. The number of ether oxygens (including phenoxy) is 6. The zero-order valence-electron chi connectivity index (χ0n) is 26.1. The molecular formula is C32H50O10. The van der Waals surface area contributed by atoms with Crippen LogP contribution in [0.2, 0.25) is 0 Å². The fraction of sp³-hybridized carbons (Fsp3) is 1.00. The largest absolute Gasteiger partial charge is 0.350 e. The van der Waals surface area contributed by atoms with E-state index in [9.17, 15) is 0 Å². The molecule has 2 saturated carbocycles. The van der Waals surface area contributed by atoms with E-state index in [1.54, 1.807) is 0 Å². The summed E-state index contributed by atoms with van der Waals surface area (Å²) in [7, 11) is 0. The van der Waals surface area contributed by atoms with Gasteiger partial charge in [0.1, 0.15) is 0 Å². The standard InChI is InChI=1S/C32H50O10/c1-17-7-9-23-19(3)25(35-27-31(23)21(17)11-13-29(5,37-27)39-41-31)33-15-16-34-26-20(4)24-10-8-18(2)22-12-14-30(6)38-28(36-26)32(22,24)42-40-30/h17-28H,7-16H2,1-6H3. The van der Waals surface area contributed by atoms with E-state index in [-0.39, 0.29) is 23.7 Å². The minimum atomic E-state index is -0.793. The summed E-state index contributed by atoms with van der Waals surface area (Å²) in [5.74, 6) is 0.881. The maximum Gasteiger partial charge on any atom is 0.201 e. The summed E-state index contributed by atoms with van der Waals surface area (Å²) in [6.45, 7) is 13.8. The van der Waals surface area contributed by atoms with Crippen LogP contribution in [0.5, 0.6) is 0 Å². The smallest absolute Gasteiger partial charge is 0.201 e. The second-order valence-corrected chi connectivity index (χ2v) is 15.3. The Morgan fingerprint density at radius 1 is 0.548 bits per heavy atom. The van der Waals surface area contributed by atoms with Gasteiger partial charge in [0.2, 0.25) is 11.6 Å². The Morgan fingerprint density at radius 3 is 1.40 bits per heavy atom. The van der Waals surface area contributed by atoms with E-state index in [1.165, 1.54) is 12.8 Å². The van der Waals surface area contributed by atoms with Crippen molar-refractivity contribution in [1.82, 2.24) is 0 Å². The van der Waals surface area contributed by atoms with Crippen molar-refractivity contribution < 1.29 is 48.0 Å². The van der Waals surface area contributed by atoms with Gasteiger partial charge in [-0.3, -0.25) is 0 Å². The molecular weight excluding hydrogens is 544 g/mol. The Morgan fingerprint density at radius 2 is 0.976 bits per heavy atom. The number of fused-ring (bicyclic) bond motifs is 4. The Hall–Kier alpha value is -0.400. The van der Waals surface area contributed by atoms with Crippen LogP contribution < -0.4 is 0 Å². The lowest BCUT2D eigenvalue weighted by Gasteiger charge is -2.60. The molecule has 16 unspecified atom stereocenters. The molecule has 8 saturated heterocycles. The molecule has 8 aliphatic heterocycles. The van der Waals surface area contributed by atoms with Crippen LogP contribution in [0.3, 0.4) is 0 Å². The van der Waals surface area contributed by atoms with Crippen LogP contribution in [-0.2, 0) is 48.0 Å². The monoisotopic (exact) mass is 594 g/mol. The molecule has 10 rings (SSSR count). The van der Waals surface area contributed by atoms with Gasteiger partial charge in [0.15, 0.2) is 36.4 Å². The molecule has 2 spiro atoms. The van der Waals surface area contributed by atoms with E-state index in [1.807, 2.05) is 13.8 Å². The Labute approximate surface area is 249 Å². The molecule has 10 aliphatic rings. The first kappa shape index (κ1) is 29.0. The van der Waals surface area contributed by atoms with Crippen molar-refractivity contribution in [2.24, 2.45) is 47.3 Å². The molecule has 10 fully saturated rings. The van der Waals surface area contributed by atoms with Gasteiger partial charge in [-0.25, -0.2) is 19.6 Å². The van der Waals surface area contributed by atoms with Crippen molar-refractivity contribution in [3.05, 3.63) is 0 Å². The Balaban J connectivity index is 0.934. The summed E-state index contributed by atoms with van der Waals surface area (Å²) in [6, 6.07) is 0. The summed E-state index contributed by atoms with van der Waals surface area (Å²) < 4.78 is 38.9. The highest BCUT2D eigenvalue weighted by Gasteiger charge is 2.71. The van der Waals surface area contributed by atoms with Gasteiger partial charge in [-0.05, 0) is 76.0 Å². The van der Waals surface area contributed by atoms with E-state index in [4.69, 9.17) is 48.0 Å². The topological polar surface area (TPSA) is 92.3 Å². The van der Waals surface area contributed by atoms with Crippen LogP contribution in [0.25, 0.3) is 0 Å². The Kier molecular flexibility index (Phi) is 6.95. The fourth-order valence-corrected chi connectivity index (χ4v) is 10.5. The van der Waals surface area contributed by atoms with E-state index < -0.39 is 47.9 Å². The van der Waals surface area contributed by atoms with Crippen LogP contribution in [0.1, 0.15) is 92.9 Å². The fourth-order valence-electron chi connectivity index (χ4n) is 10.5. The molecule has 0 amide bonds. The molecule has 8 heterocycles. The van der Waals surface area contributed by atoms with E-state index in [2.05, 4.69) is 27.7 Å². The van der Waals surface area contributed by atoms with Crippen molar-refractivity contribution in [2.75, 3.05) is 13.2 Å². The average Bonchev–Trinajstić information content (AvgIpc) is 3.33. The second-order valence-electron chi connectivity index (χ2n) is 15.3. The second kappa shape index (κ2) is 10.0. The van der Waals surface area contributed by atoms with Crippen molar-refractivity contribution >= 4 is 0 Å². The van der Waals surface area contributed by atoms with Gasteiger partial charge in [0.25, 0.3) is 0 Å². The molecule has 0 N–H and O–H groups in total. The molecule has 10 nitrogen and oxygen atoms in total. The van der Waals surface area contributed by atoms with Crippen LogP contribution in [0.15, 0.2) is 0 Å². The van der Waals surface area contributed by atoms with Crippen molar-refractivity contribution in [3.63, 3.8) is 0 Å². The van der Waals surface area contributed by atoms with Gasteiger partial charge in [-0.2, -0.15) is 0 Å². The van der Waals surface area contributed by atoms with Gasteiger partial charge < -0.3 is 28.4 Å². The van der Waals surface area contributed by atoms with E-state index >= 15 is 0 Å². The van der Waals surface area contributed by atoms with Gasteiger partial charge in [0.05, 0.1) is 13.2 Å². The number of hydrogen-bond acceptors (Lipinski definition) is 10. The van der Waals surface area contributed by atoms with Crippen LogP contribution in [-0.4, -0.2) is 61.2 Å². The highest BCUT2D eigenvalue weighted by molar-refractivity contribution is 5.10. The quantitative estimate of drug-likeness (QED) is 0.303.